The maximum absolute atomic E-state index is 12.3. The van der Waals surface area contributed by atoms with Crippen molar-refractivity contribution in [1.29, 1.82) is 0 Å². The van der Waals surface area contributed by atoms with Crippen LogP contribution < -0.4 is 0 Å². The average Bonchev–Trinajstić information content (AvgIpc) is 2.30. The highest BCUT2D eigenvalue weighted by molar-refractivity contribution is 5.19. The zero-order chi connectivity index (χ0) is 15.1. The molecule has 0 amide bonds. The summed E-state index contributed by atoms with van der Waals surface area (Å²) in [5.41, 5.74) is 1.11. The molecule has 0 saturated carbocycles. The number of hydrogen-bond donors (Lipinski definition) is 0. The third-order valence-electron chi connectivity index (χ3n) is 2.45. The summed E-state index contributed by atoms with van der Waals surface area (Å²) in [6.07, 6.45) is -4.52. The van der Waals surface area contributed by atoms with Gasteiger partial charge < -0.3 is 0 Å². The van der Waals surface area contributed by atoms with Crippen molar-refractivity contribution in [2.75, 3.05) is 6.67 Å². The molecule has 1 atom stereocenters. The Labute approximate surface area is 108 Å². The lowest BCUT2D eigenvalue weighted by Crippen LogP contribution is -2.32. The lowest BCUT2D eigenvalue weighted by Gasteiger charge is -2.12. The Bertz CT molecular complexity index is 322. The summed E-state index contributed by atoms with van der Waals surface area (Å²) in [5, 5.41) is 0. The van der Waals surface area contributed by atoms with Crippen molar-refractivity contribution in [3.8, 4) is 0 Å². The van der Waals surface area contributed by atoms with Crippen molar-refractivity contribution >= 4 is 0 Å². The van der Waals surface area contributed by atoms with Crippen molar-refractivity contribution in [2.45, 2.75) is 38.3 Å². The summed E-state index contributed by atoms with van der Waals surface area (Å²) in [4.78, 5) is 0. The molecular weight excluding hydrogens is 270 g/mol. The molecule has 1 unspecified atom stereocenters. The minimum atomic E-state index is -5.40. The van der Waals surface area contributed by atoms with Crippen LogP contribution >= 0.6 is 0 Å². The number of alkyl halides is 6. The van der Waals surface area contributed by atoms with Crippen LogP contribution in [0.1, 0.15) is 31.7 Å². The van der Waals surface area contributed by atoms with Crippen molar-refractivity contribution in [2.24, 2.45) is 0 Å². The van der Waals surface area contributed by atoms with Crippen LogP contribution in [0.3, 0.4) is 0 Å². The van der Waals surface area contributed by atoms with Gasteiger partial charge in [0.25, 0.3) is 0 Å². The number of halogens is 6. The van der Waals surface area contributed by atoms with Crippen LogP contribution in [0.4, 0.5) is 26.3 Å². The SMILES string of the molecule is CC(F)(F)C(F)(F)F.CCC(CF)c1ccccc1. The van der Waals surface area contributed by atoms with Crippen LogP contribution in [0.25, 0.3) is 0 Å². The van der Waals surface area contributed by atoms with Gasteiger partial charge in [0, 0.05) is 12.8 Å². The standard InChI is InChI=1S/C10H13F.C3H3F5/c1-2-9(8-11)10-6-4-3-5-7-10;1-2(4,5)3(6,7)8/h3-7,9H,2,8H2,1H3;1H3. The van der Waals surface area contributed by atoms with Gasteiger partial charge in [-0.15, -0.1) is 0 Å². The molecule has 0 heterocycles. The molecule has 0 saturated heterocycles. The molecule has 0 spiro atoms. The second-order valence-electron chi connectivity index (χ2n) is 4.06. The minimum Gasteiger partial charge on any atom is -0.250 e. The van der Waals surface area contributed by atoms with E-state index < -0.39 is 12.1 Å². The molecule has 1 rings (SSSR count). The Morgan fingerprint density at radius 1 is 1.00 bits per heavy atom. The van der Waals surface area contributed by atoms with Gasteiger partial charge in [0.1, 0.15) is 0 Å². The van der Waals surface area contributed by atoms with Crippen molar-refractivity contribution in [3.05, 3.63) is 35.9 Å². The van der Waals surface area contributed by atoms with Crippen molar-refractivity contribution in [1.82, 2.24) is 0 Å². The number of benzene rings is 1. The third-order valence-corrected chi connectivity index (χ3v) is 2.45. The molecule has 0 aromatic heterocycles. The molecule has 0 aliphatic carbocycles. The van der Waals surface area contributed by atoms with Gasteiger partial charge >= 0.3 is 12.1 Å². The van der Waals surface area contributed by atoms with Gasteiger partial charge in [-0.05, 0) is 12.0 Å². The molecule has 0 bridgehead atoms. The van der Waals surface area contributed by atoms with Gasteiger partial charge in [-0.1, -0.05) is 37.3 Å². The molecular formula is C13H16F6. The highest BCUT2D eigenvalue weighted by Gasteiger charge is 2.52. The van der Waals surface area contributed by atoms with Crippen LogP contribution in [-0.4, -0.2) is 18.8 Å². The largest absolute Gasteiger partial charge is 0.452 e. The minimum absolute atomic E-state index is 0.0937. The number of rotatable bonds is 3. The second-order valence-corrected chi connectivity index (χ2v) is 4.06. The zero-order valence-corrected chi connectivity index (χ0v) is 10.6. The first-order valence-corrected chi connectivity index (χ1v) is 5.69. The second kappa shape index (κ2) is 7.40. The Balaban J connectivity index is 0.000000362. The molecule has 1 aromatic carbocycles. The Hall–Kier alpha value is -1.20. The molecule has 0 radical (unpaired) electrons. The summed E-state index contributed by atoms with van der Waals surface area (Å²) in [6, 6.07) is 9.82. The van der Waals surface area contributed by atoms with Crippen LogP contribution in [0.5, 0.6) is 0 Å². The van der Waals surface area contributed by atoms with Crippen LogP contribution in [0.2, 0.25) is 0 Å². The van der Waals surface area contributed by atoms with E-state index in [1.165, 1.54) is 0 Å². The highest BCUT2D eigenvalue weighted by Crippen LogP contribution is 2.34. The fourth-order valence-electron chi connectivity index (χ4n) is 1.16. The molecule has 0 fully saturated rings. The molecule has 0 aliphatic rings. The predicted molar refractivity (Wildman–Crippen MR) is 62.1 cm³/mol. The maximum Gasteiger partial charge on any atom is 0.452 e. The lowest BCUT2D eigenvalue weighted by molar-refractivity contribution is -0.273. The molecule has 1 aromatic rings. The molecule has 0 N–H and O–H groups in total. The van der Waals surface area contributed by atoms with Gasteiger partial charge in [0.15, 0.2) is 0 Å². The van der Waals surface area contributed by atoms with Gasteiger partial charge in [0.2, 0.25) is 0 Å². The lowest BCUT2D eigenvalue weighted by atomic mass is 9.98. The fraction of sp³-hybridized carbons (Fsp3) is 0.538. The van der Waals surface area contributed by atoms with Crippen LogP contribution in [0.15, 0.2) is 30.3 Å². The summed E-state index contributed by atoms with van der Waals surface area (Å²) < 4.78 is 67.0. The van der Waals surface area contributed by atoms with Crippen molar-refractivity contribution < 1.29 is 26.3 Å². The zero-order valence-electron chi connectivity index (χ0n) is 10.6. The molecule has 19 heavy (non-hydrogen) atoms. The first-order chi connectivity index (χ1) is 8.63. The van der Waals surface area contributed by atoms with E-state index in [1.807, 2.05) is 37.3 Å². The Morgan fingerprint density at radius 2 is 1.42 bits per heavy atom. The van der Waals surface area contributed by atoms with Crippen LogP contribution in [-0.2, 0) is 0 Å². The summed E-state index contributed by atoms with van der Waals surface area (Å²) in [6.45, 7) is 1.57. The fourth-order valence-corrected chi connectivity index (χ4v) is 1.16. The van der Waals surface area contributed by atoms with Gasteiger partial charge in [-0.25, -0.2) is 0 Å². The smallest absolute Gasteiger partial charge is 0.250 e. The quantitative estimate of drug-likeness (QED) is 0.657. The molecule has 110 valence electrons. The predicted octanol–water partition coefficient (Wildman–Crippen LogP) is 5.35. The van der Waals surface area contributed by atoms with Gasteiger partial charge in [-0.3, -0.25) is 4.39 Å². The normalized spacial score (nSPS) is 13.5. The Kier molecular flexibility index (Phi) is 6.94. The number of hydrogen-bond acceptors (Lipinski definition) is 0. The summed E-state index contributed by atoms with van der Waals surface area (Å²) in [7, 11) is 0. The van der Waals surface area contributed by atoms with E-state index in [9.17, 15) is 26.3 Å². The average molecular weight is 286 g/mol. The molecule has 6 heteroatoms. The van der Waals surface area contributed by atoms with Crippen LogP contribution in [0, 0.1) is 0 Å². The first kappa shape index (κ1) is 17.8. The first-order valence-electron chi connectivity index (χ1n) is 5.69. The topological polar surface area (TPSA) is 0 Å². The van der Waals surface area contributed by atoms with E-state index in [4.69, 9.17) is 0 Å². The van der Waals surface area contributed by atoms with E-state index in [0.29, 0.717) is 0 Å². The summed E-state index contributed by atoms with van der Waals surface area (Å²) in [5.74, 6) is -4.47. The monoisotopic (exact) mass is 286 g/mol. The van der Waals surface area contributed by atoms with E-state index in [0.717, 1.165) is 12.0 Å². The van der Waals surface area contributed by atoms with E-state index >= 15 is 0 Å². The Morgan fingerprint density at radius 3 is 1.68 bits per heavy atom. The van der Waals surface area contributed by atoms with E-state index in [1.54, 1.807) is 0 Å². The van der Waals surface area contributed by atoms with Gasteiger partial charge in [-0.2, -0.15) is 22.0 Å². The van der Waals surface area contributed by atoms with E-state index in [-0.39, 0.29) is 19.5 Å². The highest BCUT2D eigenvalue weighted by atomic mass is 19.4. The van der Waals surface area contributed by atoms with Gasteiger partial charge in [0.05, 0.1) is 6.67 Å². The molecule has 0 aliphatic heterocycles. The summed E-state index contributed by atoms with van der Waals surface area (Å²) >= 11 is 0. The molecule has 0 nitrogen and oxygen atoms in total. The van der Waals surface area contributed by atoms with E-state index in [2.05, 4.69) is 0 Å². The third kappa shape index (κ3) is 6.50. The maximum atomic E-state index is 12.3. The van der Waals surface area contributed by atoms with Crippen molar-refractivity contribution in [3.63, 3.8) is 0 Å².